The Bertz CT molecular complexity index is 295. The molecule has 104 valence electrons. The molecule has 1 aliphatic heterocycles. The van der Waals surface area contributed by atoms with Crippen LogP contribution in [0.2, 0.25) is 0 Å². The lowest BCUT2D eigenvalue weighted by Gasteiger charge is -2.40. The molecule has 1 aliphatic carbocycles. The molecule has 3 heteroatoms. The first kappa shape index (κ1) is 13.9. The summed E-state index contributed by atoms with van der Waals surface area (Å²) in [4.78, 5) is 12.2. The number of rotatable bonds is 2. The molecular weight excluding hydrogens is 224 g/mol. The highest BCUT2D eigenvalue weighted by atomic mass is 16.1. The summed E-state index contributed by atoms with van der Waals surface area (Å²) in [5.74, 6) is 1.15. The van der Waals surface area contributed by atoms with E-state index in [1.54, 1.807) is 0 Å². The van der Waals surface area contributed by atoms with Crippen molar-refractivity contribution in [1.82, 2.24) is 10.6 Å². The predicted molar refractivity (Wildman–Crippen MR) is 74.3 cm³/mol. The highest BCUT2D eigenvalue weighted by Crippen LogP contribution is 2.38. The summed E-state index contributed by atoms with van der Waals surface area (Å²) in [7, 11) is 0. The van der Waals surface area contributed by atoms with Gasteiger partial charge in [0.2, 0.25) is 5.91 Å². The van der Waals surface area contributed by atoms with E-state index in [-0.39, 0.29) is 5.92 Å². The lowest BCUT2D eigenvalue weighted by molar-refractivity contribution is -0.127. The minimum absolute atomic E-state index is 0.244. The average Bonchev–Trinajstić information content (AvgIpc) is 2.33. The molecular formula is C15H28N2O. The minimum Gasteiger partial charge on any atom is -0.353 e. The third-order valence-corrected chi connectivity index (χ3v) is 4.73. The number of hydrogen-bond donors (Lipinski definition) is 2. The number of amides is 1. The van der Waals surface area contributed by atoms with Crippen molar-refractivity contribution in [2.75, 3.05) is 13.1 Å². The molecule has 1 amide bonds. The molecule has 0 aromatic carbocycles. The van der Waals surface area contributed by atoms with E-state index in [9.17, 15) is 4.79 Å². The van der Waals surface area contributed by atoms with E-state index < -0.39 is 0 Å². The molecule has 0 aromatic heterocycles. The zero-order valence-corrected chi connectivity index (χ0v) is 12.1. The van der Waals surface area contributed by atoms with Gasteiger partial charge in [0.05, 0.1) is 0 Å². The van der Waals surface area contributed by atoms with Gasteiger partial charge in [-0.2, -0.15) is 0 Å². The number of carbonyl (C=O) groups is 1. The third kappa shape index (κ3) is 3.47. The Morgan fingerprint density at radius 2 is 1.89 bits per heavy atom. The summed E-state index contributed by atoms with van der Waals surface area (Å²) < 4.78 is 0. The maximum Gasteiger partial charge on any atom is 0.223 e. The van der Waals surface area contributed by atoms with Crippen LogP contribution < -0.4 is 10.6 Å². The van der Waals surface area contributed by atoms with E-state index >= 15 is 0 Å². The Morgan fingerprint density at radius 3 is 2.50 bits per heavy atom. The normalized spacial score (nSPS) is 33.1. The second-order valence-electron chi connectivity index (χ2n) is 7.02. The van der Waals surface area contributed by atoms with Crippen molar-refractivity contribution in [1.29, 1.82) is 0 Å². The highest BCUT2D eigenvalue weighted by Gasteiger charge is 2.34. The number of nitrogens with one attached hydrogen (secondary N) is 2. The second-order valence-corrected chi connectivity index (χ2v) is 7.02. The minimum atomic E-state index is 0.244. The van der Waals surface area contributed by atoms with Gasteiger partial charge in [0, 0.05) is 12.0 Å². The molecule has 2 aliphatic rings. The summed E-state index contributed by atoms with van der Waals surface area (Å²) >= 11 is 0. The first-order chi connectivity index (χ1) is 8.48. The Kier molecular flexibility index (Phi) is 4.31. The van der Waals surface area contributed by atoms with Crippen molar-refractivity contribution >= 4 is 5.91 Å². The molecule has 1 saturated carbocycles. The summed E-state index contributed by atoms with van der Waals surface area (Å²) in [5, 5.41) is 6.62. The maximum absolute atomic E-state index is 12.2. The second kappa shape index (κ2) is 5.60. The molecule has 1 saturated heterocycles. The lowest BCUT2D eigenvalue weighted by atomic mass is 9.70. The van der Waals surface area contributed by atoms with Gasteiger partial charge < -0.3 is 10.6 Å². The van der Waals surface area contributed by atoms with Crippen molar-refractivity contribution in [2.45, 2.75) is 58.9 Å². The van der Waals surface area contributed by atoms with E-state index in [1.807, 2.05) is 0 Å². The standard InChI is InChI=1S/C15H28N2O/c1-11-10-15(2,3)7-4-13(11)17-14(18)12-5-8-16-9-6-12/h11-13,16H,4-10H2,1-3H3,(H,17,18). The van der Waals surface area contributed by atoms with Gasteiger partial charge in [-0.05, 0) is 56.5 Å². The zero-order valence-electron chi connectivity index (χ0n) is 12.1. The van der Waals surface area contributed by atoms with Gasteiger partial charge in [0.25, 0.3) is 0 Å². The Hall–Kier alpha value is -0.570. The fourth-order valence-corrected chi connectivity index (χ4v) is 3.55. The first-order valence-electron chi connectivity index (χ1n) is 7.49. The molecule has 2 rings (SSSR count). The Morgan fingerprint density at radius 1 is 1.22 bits per heavy atom. The van der Waals surface area contributed by atoms with Gasteiger partial charge in [-0.25, -0.2) is 0 Å². The molecule has 0 spiro atoms. The quantitative estimate of drug-likeness (QED) is 0.792. The van der Waals surface area contributed by atoms with Crippen molar-refractivity contribution in [3.63, 3.8) is 0 Å². The Labute approximate surface area is 111 Å². The van der Waals surface area contributed by atoms with Gasteiger partial charge in [-0.1, -0.05) is 20.8 Å². The van der Waals surface area contributed by atoms with Crippen LogP contribution in [0.1, 0.15) is 52.9 Å². The van der Waals surface area contributed by atoms with E-state index in [0.717, 1.165) is 32.4 Å². The average molecular weight is 252 g/mol. The molecule has 1 heterocycles. The van der Waals surface area contributed by atoms with E-state index in [2.05, 4.69) is 31.4 Å². The molecule has 2 N–H and O–H groups in total. The monoisotopic (exact) mass is 252 g/mol. The van der Waals surface area contributed by atoms with Crippen molar-refractivity contribution in [2.24, 2.45) is 17.3 Å². The third-order valence-electron chi connectivity index (χ3n) is 4.73. The van der Waals surface area contributed by atoms with Crippen molar-refractivity contribution in [3.8, 4) is 0 Å². The van der Waals surface area contributed by atoms with Crippen LogP contribution in [0.15, 0.2) is 0 Å². The topological polar surface area (TPSA) is 41.1 Å². The van der Waals surface area contributed by atoms with Crippen molar-refractivity contribution in [3.05, 3.63) is 0 Å². The van der Waals surface area contributed by atoms with Gasteiger partial charge in [-0.15, -0.1) is 0 Å². The Balaban J connectivity index is 1.83. The summed E-state index contributed by atoms with van der Waals surface area (Å²) in [6.07, 6.45) is 5.60. The molecule has 2 fully saturated rings. The molecule has 2 atom stereocenters. The molecule has 3 nitrogen and oxygen atoms in total. The predicted octanol–water partition coefficient (Wildman–Crippen LogP) is 2.32. The molecule has 18 heavy (non-hydrogen) atoms. The molecule has 0 radical (unpaired) electrons. The van der Waals surface area contributed by atoms with Crippen LogP contribution in [-0.4, -0.2) is 25.0 Å². The molecule has 2 unspecified atom stereocenters. The van der Waals surface area contributed by atoms with Crippen LogP contribution in [0.25, 0.3) is 0 Å². The lowest BCUT2D eigenvalue weighted by Crippen LogP contribution is -2.48. The zero-order chi connectivity index (χ0) is 13.2. The van der Waals surface area contributed by atoms with Crippen LogP contribution >= 0.6 is 0 Å². The first-order valence-corrected chi connectivity index (χ1v) is 7.49. The van der Waals surface area contributed by atoms with Gasteiger partial charge >= 0.3 is 0 Å². The van der Waals surface area contributed by atoms with E-state index in [1.165, 1.54) is 12.8 Å². The molecule has 0 aromatic rings. The largest absolute Gasteiger partial charge is 0.353 e. The highest BCUT2D eigenvalue weighted by molar-refractivity contribution is 5.79. The van der Waals surface area contributed by atoms with Gasteiger partial charge in [0.1, 0.15) is 0 Å². The summed E-state index contributed by atoms with van der Waals surface area (Å²) in [6, 6.07) is 0.403. The fourth-order valence-electron chi connectivity index (χ4n) is 3.55. The maximum atomic E-state index is 12.2. The van der Waals surface area contributed by atoms with Crippen LogP contribution in [-0.2, 0) is 4.79 Å². The SMILES string of the molecule is CC1CC(C)(C)CCC1NC(=O)C1CCNCC1. The number of hydrogen-bond acceptors (Lipinski definition) is 2. The summed E-state index contributed by atoms with van der Waals surface area (Å²) in [5.41, 5.74) is 0.454. The van der Waals surface area contributed by atoms with E-state index in [0.29, 0.717) is 23.3 Å². The van der Waals surface area contributed by atoms with E-state index in [4.69, 9.17) is 0 Å². The number of carbonyl (C=O) groups excluding carboxylic acids is 1. The van der Waals surface area contributed by atoms with Crippen LogP contribution in [0, 0.1) is 17.3 Å². The molecule has 0 bridgehead atoms. The van der Waals surface area contributed by atoms with Gasteiger partial charge in [0.15, 0.2) is 0 Å². The summed E-state index contributed by atoms with van der Waals surface area (Å²) in [6.45, 7) is 8.95. The van der Waals surface area contributed by atoms with Crippen LogP contribution in [0.5, 0.6) is 0 Å². The van der Waals surface area contributed by atoms with Crippen LogP contribution in [0.4, 0.5) is 0 Å². The fraction of sp³-hybridized carbons (Fsp3) is 0.933. The van der Waals surface area contributed by atoms with Crippen LogP contribution in [0.3, 0.4) is 0 Å². The number of piperidine rings is 1. The smallest absolute Gasteiger partial charge is 0.223 e. The van der Waals surface area contributed by atoms with Gasteiger partial charge in [-0.3, -0.25) is 4.79 Å². The van der Waals surface area contributed by atoms with Crippen molar-refractivity contribution < 1.29 is 4.79 Å².